The van der Waals surface area contributed by atoms with E-state index in [0.717, 1.165) is 11.6 Å². The average Bonchev–Trinajstić information content (AvgIpc) is 2.56. The molecule has 0 amide bonds. The third-order valence-electron chi connectivity index (χ3n) is 3.21. The van der Waals surface area contributed by atoms with E-state index in [0.29, 0.717) is 12.2 Å². The van der Waals surface area contributed by atoms with Gasteiger partial charge in [-0.15, -0.1) is 0 Å². The Balaban J connectivity index is 2.05. The van der Waals surface area contributed by atoms with E-state index in [1.807, 2.05) is 30.3 Å². The number of carbonyl (C=O) groups excluding carboxylic acids is 1. The van der Waals surface area contributed by atoms with Crippen LogP contribution in [0.3, 0.4) is 0 Å². The second kappa shape index (κ2) is 8.27. The Hall–Kier alpha value is -2.43. The predicted molar refractivity (Wildman–Crippen MR) is 82.1 cm³/mol. The Morgan fingerprint density at radius 1 is 1.09 bits per heavy atom. The number of aryl methyl sites for hydroxylation is 1. The SMILES string of the molecule is CCOC(=O)CCc1cc(F)c(F)c(OCc2ccccc2)c1. The third-order valence-corrected chi connectivity index (χ3v) is 3.21. The van der Waals surface area contributed by atoms with Crippen LogP contribution >= 0.6 is 0 Å². The maximum absolute atomic E-state index is 13.8. The van der Waals surface area contributed by atoms with Gasteiger partial charge in [-0.1, -0.05) is 30.3 Å². The summed E-state index contributed by atoms with van der Waals surface area (Å²) in [5.41, 5.74) is 1.34. The van der Waals surface area contributed by atoms with Gasteiger partial charge < -0.3 is 9.47 Å². The van der Waals surface area contributed by atoms with Gasteiger partial charge in [0.1, 0.15) is 6.61 Å². The van der Waals surface area contributed by atoms with Gasteiger partial charge in [-0.3, -0.25) is 4.79 Å². The van der Waals surface area contributed by atoms with E-state index in [1.54, 1.807) is 6.92 Å². The highest BCUT2D eigenvalue weighted by atomic mass is 19.2. The Bertz CT molecular complexity index is 657. The lowest BCUT2D eigenvalue weighted by molar-refractivity contribution is -0.143. The molecule has 0 heterocycles. The molecule has 122 valence electrons. The molecule has 2 aromatic rings. The first-order valence-electron chi connectivity index (χ1n) is 7.40. The van der Waals surface area contributed by atoms with Gasteiger partial charge in [0.25, 0.3) is 0 Å². The Labute approximate surface area is 133 Å². The first-order valence-corrected chi connectivity index (χ1v) is 7.40. The number of ether oxygens (including phenoxy) is 2. The highest BCUT2D eigenvalue weighted by molar-refractivity contribution is 5.69. The number of rotatable bonds is 7. The number of hydrogen-bond donors (Lipinski definition) is 0. The molecule has 0 atom stereocenters. The van der Waals surface area contributed by atoms with Crippen molar-refractivity contribution in [3.63, 3.8) is 0 Å². The molecular formula is C18H18F2O3. The predicted octanol–water partition coefficient (Wildman–Crippen LogP) is 4.04. The van der Waals surface area contributed by atoms with E-state index in [9.17, 15) is 13.6 Å². The summed E-state index contributed by atoms with van der Waals surface area (Å²) in [6.07, 6.45) is 0.370. The minimum absolute atomic E-state index is 0.108. The van der Waals surface area contributed by atoms with E-state index in [4.69, 9.17) is 9.47 Å². The van der Waals surface area contributed by atoms with Crippen LogP contribution in [0.2, 0.25) is 0 Å². The van der Waals surface area contributed by atoms with Gasteiger partial charge in [0.15, 0.2) is 11.6 Å². The minimum Gasteiger partial charge on any atom is -0.486 e. The summed E-state index contributed by atoms with van der Waals surface area (Å²) >= 11 is 0. The molecule has 0 aliphatic heterocycles. The Morgan fingerprint density at radius 2 is 1.83 bits per heavy atom. The van der Waals surface area contributed by atoms with Crippen LogP contribution in [-0.2, 0) is 22.6 Å². The monoisotopic (exact) mass is 320 g/mol. The van der Waals surface area contributed by atoms with E-state index in [-0.39, 0.29) is 31.2 Å². The maximum Gasteiger partial charge on any atom is 0.306 e. The van der Waals surface area contributed by atoms with Crippen LogP contribution in [0.25, 0.3) is 0 Å². The molecule has 0 bridgehead atoms. The van der Waals surface area contributed by atoms with Crippen LogP contribution < -0.4 is 4.74 Å². The quantitative estimate of drug-likeness (QED) is 0.722. The number of hydrogen-bond acceptors (Lipinski definition) is 3. The lowest BCUT2D eigenvalue weighted by Gasteiger charge is -2.10. The molecule has 0 aliphatic carbocycles. The molecule has 0 radical (unpaired) electrons. The van der Waals surface area contributed by atoms with Crippen molar-refractivity contribution in [2.24, 2.45) is 0 Å². The molecule has 0 N–H and O–H groups in total. The lowest BCUT2D eigenvalue weighted by Crippen LogP contribution is -2.06. The van der Waals surface area contributed by atoms with Crippen molar-refractivity contribution < 1.29 is 23.0 Å². The van der Waals surface area contributed by atoms with E-state index < -0.39 is 11.6 Å². The first kappa shape index (κ1) is 16.9. The van der Waals surface area contributed by atoms with Gasteiger partial charge in [0.05, 0.1) is 6.61 Å². The van der Waals surface area contributed by atoms with Crippen LogP contribution in [0.15, 0.2) is 42.5 Å². The number of benzene rings is 2. The van der Waals surface area contributed by atoms with Crippen LogP contribution in [0.1, 0.15) is 24.5 Å². The Morgan fingerprint density at radius 3 is 2.52 bits per heavy atom. The minimum atomic E-state index is -1.03. The molecule has 23 heavy (non-hydrogen) atoms. The summed E-state index contributed by atoms with van der Waals surface area (Å²) in [4.78, 5) is 11.3. The highest BCUT2D eigenvalue weighted by Crippen LogP contribution is 2.24. The van der Waals surface area contributed by atoms with Gasteiger partial charge in [0, 0.05) is 6.42 Å². The largest absolute Gasteiger partial charge is 0.486 e. The van der Waals surface area contributed by atoms with Crippen molar-refractivity contribution in [3.05, 3.63) is 65.2 Å². The number of carbonyl (C=O) groups is 1. The van der Waals surface area contributed by atoms with Crippen molar-refractivity contribution in [3.8, 4) is 5.75 Å². The van der Waals surface area contributed by atoms with Gasteiger partial charge in [-0.25, -0.2) is 4.39 Å². The van der Waals surface area contributed by atoms with Crippen LogP contribution in [-0.4, -0.2) is 12.6 Å². The van der Waals surface area contributed by atoms with Crippen molar-refractivity contribution >= 4 is 5.97 Å². The first-order chi connectivity index (χ1) is 11.1. The second-order valence-corrected chi connectivity index (χ2v) is 4.97. The molecule has 0 fully saturated rings. The van der Waals surface area contributed by atoms with E-state index >= 15 is 0 Å². The molecule has 2 rings (SSSR count). The maximum atomic E-state index is 13.8. The van der Waals surface area contributed by atoms with Gasteiger partial charge >= 0.3 is 5.97 Å². The molecule has 0 saturated heterocycles. The fraction of sp³-hybridized carbons (Fsp3) is 0.278. The summed E-state index contributed by atoms with van der Waals surface area (Å²) in [6, 6.07) is 11.7. The summed E-state index contributed by atoms with van der Waals surface area (Å²) in [5, 5.41) is 0. The molecule has 5 heteroatoms. The average molecular weight is 320 g/mol. The second-order valence-electron chi connectivity index (χ2n) is 4.97. The molecule has 3 nitrogen and oxygen atoms in total. The normalized spacial score (nSPS) is 10.4. The van der Waals surface area contributed by atoms with Crippen LogP contribution in [0.5, 0.6) is 5.75 Å². The topological polar surface area (TPSA) is 35.5 Å². The molecular weight excluding hydrogens is 302 g/mol. The summed E-state index contributed by atoms with van der Waals surface area (Å²) in [7, 11) is 0. The zero-order valence-electron chi connectivity index (χ0n) is 12.9. The molecule has 0 saturated carbocycles. The van der Waals surface area contributed by atoms with E-state index in [2.05, 4.69) is 0 Å². The summed E-state index contributed by atoms with van der Waals surface area (Å²) in [6.45, 7) is 2.14. The zero-order chi connectivity index (χ0) is 16.7. The van der Waals surface area contributed by atoms with Crippen molar-refractivity contribution in [2.45, 2.75) is 26.4 Å². The van der Waals surface area contributed by atoms with Gasteiger partial charge in [-0.2, -0.15) is 4.39 Å². The van der Waals surface area contributed by atoms with Crippen molar-refractivity contribution in [2.75, 3.05) is 6.61 Å². The van der Waals surface area contributed by atoms with E-state index in [1.165, 1.54) is 6.07 Å². The molecule has 0 unspecified atom stereocenters. The highest BCUT2D eigenvalue weighted by Gasteiger charge is 2.13. The fourth-order valence-corrected chi connectivity index (χ4v) is 2.08. The van der Waals surface area contributed by atoms with Crippen LogP contribution in [0, 0.1) is 11.6 Å². The molecule has 0 aliphatic rings. The van der Waals surface area contributed by atoms with Crippen molar-refractivity contribution in [1.82, 2.24) is 0 Å². The number of esters is 1. The molecule has 2 aromatic carbocycles. The van der Waals surface area contributed by atoms with Crippen LogP contribution in [0.4, 0.5) is 8.78 Å². The zero-order valence-corrected chi connectivity index (χ0v) is 12.9. The third kappa shape index (κ3) is 5.06. The molecule has 0 spiro atoms. The smallest absolute Gasteiger partial charge is 0.306 e. The van der Waals surface area contributed by atoms with Gasteiger partial charge in [0.2, 0.25) is 5.82 Å². The standard InChI is InChI=1S/C18H18F2O3/c1-2-22-17(21)9-8-14-10-15(19)18(20)16(11-14)23-12-13-6-4-3-5-7-13/h3-7,10-11H,2,8-9,12H2,1H3. The summed E-state index contributed by atoms with van der Waals surface area (Å²) in [5.74, 6) is -2.55. The lowest BCUT2D eigenvalue weighted by atomic mass is 10.1. The van der Waals surface area contributed by atoms with Crippen molar-refractivity contribution in [1.29, 1.82) is 0 Å². The van der Waals surface area contributed by atoms with Gasteiger partial charge in [-0.05, 0) is 36.6 Å². The fourth-order valence-electron chi connectivity index (χ4n) is 2.08. The number of halogens is 2. The Kier molecular flexibility index (Phi) is 6.09. The molecule has 0 aromatic heterocycles. The summed E-state index contributed by atoms with van der Waals surface area (Å²) < 4.78 is 37.7.